The molecule has 0 aliphatic carbocycles. The molecule has 0 aromatic carbocycles. The fourth-order valence-electron chi connectivity index (χ4n) is 1.31. The summed E-state index contributed by atoms with van der Waals surface area (Å²) in [5.74, 6) is 0. The second-order valence-electron chi connectivity index (χ2n) is 3.19. The van der Waals surface area contributed by atoms with E-state index >= 15 is 0 Å². The van der Waals surface area contributed by atoms with Crippen molar-refractivity contribution in [1.82, 2.24) is 4.57 Å². The van der Waals surface area contributed by atoms with Gasteiger partial charge in [-0.15, -0.1) is 0 Å². The standard InChI is InChI=1S/C10H16N2O2/c1-3-14-8(2)7-12-6-4-5-9(11)10(12)13/h4-6,8H,3,7,11H2,1-2H3. The molecular weight excluding hydrogens is 180 g/mol. The summed E-state index contributed by atoms with van der Waals surface area (Å²) >= 11 is 0. The number of pyridine rings is 1. The lowest BCUT2D eigenvalue weighted by Gasteiger charge is -2.13. The smallest absolute Gasteiger partial charge is 0.273 e. The largest absolute Gasteiger partial charge is 0.394 e. The molecule has 0 saturated carbocycles. The zero-order valence-corrected chi connectivity index (χ0v) is 8.56. The van der Waals surface area contributed by atoms with E-state index in [4.69, 9.17) is 10.5 Å². The number of nitrogens with zero attached hydrogens (tertiary/aromatic N) is 1. The van der Waals surface area contributed by atoms with E-state index in [1.165, 1.54) is 0 Å². The first-order valence-electron chi connectivity index (χ1n) is 4.71. The lowest BCUT2D eigenvalue weighted by atomic mass is 10.3. The van der Waals surface area contributed by atoms with E-state index in [-0.39, 0.29) is 17.4 Å². The van der Waals surface area contributed by atoms with Crippen LogP contribution in [0.1, 0.15) is 13.8 Å². The van der Waals surface area contributed by atoms with E-state index in [1.54, 1.807) is 22.9 Å². The van der Waals surface area contributed by atoms with Gasteiger partial charge in [0.2, 0.25) is 0 Å². The number of nitrogens with two attached hydrogens (primary N) is 1. The number of anilines is 1. The molecular formula is C10H16N2O2. The summed E-state index contributed by atoms with van der Waals surface area (Å²) < 4.78 is 6.91. The van der Waals surface area contributed by atoms with Gasteiger partial charge in [-0.05, 0) is 26.0 Å². The van der Waals surface area contributed by atoms with Gasteiger partial charge >= 0.3 is 0 Å². The highest BCUT2D eigenvalue weighted by Crippen LogP contribution is 1.97. The average molecular weight is 196 g/mol. The Bertz CT molecular complexity index is 346. The molecule has 1 heterocycles. The quantitative estimate of drug-likeness (QED) is 0.776. The highest BCUT2D eigenvalue weighted by atomic mass is 16.5. The second kappa shape index (κ2) is 4.81. The fraction of sp³-hybridized carbons (Fsp3) is 0.500. The summed E-state index contributed by atoms with van der Waals surface area (Å²) in [7, 11) is 0. The molecule has 0 amide bonds. The monoisotopic (exact) mass is 196 g/mol. The van der Waals surface area contributed by atoms with Crippen molar-refractivity contribution in [3.8, 4) is 0 Å². The van der Waals surface area contributed by atoms with E-state index in [0.717, 1.165) is 0 Å². The van der Waals surface area contributed by atoms with E-state index in [2.05, 4.69) is 0 Å². The van der Waals surface area contributed by atoms with Gasteiger partial charge in [0.15, 0.2) is 0 Å². The van der Waals surface area contributed by atoms with Crippen molar-refractivity contribution >= 4 is 5.69 Å². The van der Waals surface area contributed by atoms with Gasteiger partial charge in [-0.3, -0.25) is 4.79 Å². The predicted molar refractivity (Wildman–Crippen MR) is 56.2 cm³/mol. The molecule has 0 saturated heterocycles. The Hall–Kier alpha value is -1.29. The van der Waals surface area contributed by atoms with Crippen LogP contribution < -0.4 is 11.3 Å². The van der Waals surface area contributed by atoms with Gasteiger partial charge in [-0.1, -0.05) is 0 Å². The van der Waals surface area contributed by atoms with Crippen molar-refractivity contribution in [1.29, 1.82) is 0 Å². The number of nitrogen functional groups attached to an aromatic ring is 1. The number of rotatable bonds is 4. The topological polar surface area (TPSA) is 57.2 Å². The Morgan fingerprint density at radius 2 is 2.36 bits per heavy atom. The molecule has 1 aromatic rings. The van der Waals surface area contributed by atoms with Crippen LogP contribution in [-0.2, 0) is 11.3 Å². The van der Waals surface area contributed by atoms with E-state index in [1.807, 2.05) is 13.8 Å². The van der Waals surface area contributed by atoms with Gasteiger partial charge in [0.25, 0.3) is 5.56 Å². The minimum atomic E-state index is -0.154. The zero-order valence-electron chi connectivity index (χ0n) is 8.56. The summed E-state index contributed by atoms with van der Waals surface area (Å²) in [4.78, 5) is 11.5. The lowest BCUT2D eigenvalue weighted by molar-refractivity contribution is 0.0633. The van der Waals surface area contributed by atoms with Gasteiger partial charge in [-0.25, -0.2) is 0 Å². The van der Waals surface area contributed by atoms with E-state index in [0.29, 0.717) is 13.2 Å². The molecule has 1 rings (SSSR count). The SMILES string of the molecule is CCOC(C)Cn1cccc(N)c1=O. The van der Waals surface area contributed by atoms with E-state index in [9.17, 15) is 4.79 Å². The highest BCUT2D eigenvalue weighted by Gasteiger charge is 2.04. The third-order valence-corrected chi connectivity index (χ3v) is 1.95. The Morgan fingerprint density at radius 1 is 1.64 bits per heavy atom. The summed E-state index contributed by atoms with van der Waals surface area (Å²) in [5.41, 5.74) is 5.62. The summed E-state index contributed by atoms with van der Waals surface area (Å²) in [6.45, 7) is 5.05. The number of hydrogen-bond acceptors (Lipinski definition) is 3. The van der Waals surface area contributed by atoms with Crippen molar-refractivity contribution < 1.29 is 4.74 Å². The van der Waals surface area contributed by atoms with Gasteiger partial charge < -0.3 is 15.0 Å². The summed E-state index contributed by atoms with van der Waals surface area (Å²) in [5, 5.41) is 0. The third kappa shape index (κ3) is 2.60. The lowest BCUT2D eigenvalue weighted by Crippen LogP contribution is -2.27. The van der Waals surface area contributed by atoms with Crippen LogP contribution in [0.15, 0.2) is 23.1 Å². The maximum Gasteiger partial charge on any atom is 0.273 e. The molecule has 14 heavy (non-hydrogen) atoms. The highest BCUT2D eigenvalue weighted by molar-refractivity contribution is 5.33. The molecule has 78 valence electrons. The minimum absolute atomic E-state index is 0.0273. The van der Waals surface area contributed by atoms with Crippen LogP contribution in [-0.4, -0.2) is 17.3 Å². The maximum absolute atomic E-state index is 11.5. The van der Waals surface area contributed by atoms with Crippen LogP contribution in [0.2, 0.25) is 0 Å². The molecule has 0 bridgehead atoms. The normalized spacial score (nSPS) is 12.7. The first-order valence-corrected chi connectivity index (χ1v) is 4.71. The second-order valence-corrected chi connectivity index (χ2v) is 3.19. The molecule has 4 heteroatoms. The number of hydrogen-bond donors (Lipinski definition) is 1. The van der Waals surface area contributed by atoms with Gasteiger partial charge in [-0.2, -0.15) is 0 Å². The van der Waals surface area contributed by atoms with Crippen molar-refractivity contribution in [2.24, 2.45) is 0 Å². The van der Waals surface area contributed by atoms with Crippen LogP contribution in [0.25, 0.3) is 0 Å². The van der Waals surface area contributed by atoms with Crippen LogP contribution in [0.4, 0.5) is 5.69 Å². The molecule has 1 unspecified atom stereocenters. The average Bonchev–Trinajstić information content (AvgIpc) is 2.13. The Morgan fingerprint density at radius 3 is 3.00 bits per heavy atom. The third-order valence-electron chi connectivity index (χ3n) is 1.95. The Balaban J connectivity index is 2.77. The molecule has 1 aromatic heterocycles. The first kappa shape index (κ1) is 10.8. The molecule has 0 radical (unpaired) electrons. The zero-order chi connectivity index (χ0) is 10.6. The molecule has 0 fully saturated rings. The summed E-state index contributed by atoms with van der Waals surface area (Å²) in [6, 6.07) is 3.36. The van der Waals surface area contributed by atoms with E-state index < -0.39 is 0 Å². The maximum atomic E-state index is 11.5. The number of ether oxygens (including phenoxy) is 1. The molecule has 2 N–H and O–H groups in total. The Labute approximate surface area is 83.3 Å². The molecule has 0 aliphatic heterocycles. The predicted octanol–water partition coefficient (Wildman–Crippen LogP) is 0.855. The fourth-order valence-corrected chi connectivity index (χ4v) is 1.31. The van der Waals surface area contributed by atoms with Crippen molar-refractivity contribution in [3.63, 3.8) is 0 Å². The Kier molecular flexibility index (Phi) is 3.71. The van der Waals surface area contributed by atoms with Crippen molar-refractivity contribution in [2.45, 2.75) is 26.5 Å². The van der Waals surface area contributed by atoms with Crippen LogP contribution in [0.5, 0.6) is 0 Å². The summed E-state index contributed by atoms with van der Waals surface area (Å²) in [6.07, 6.45) is 1.74. The first-order chi connectivity index (χ1) is 6.65. The van der Waals surface area contributed by atoms with Crippen molar-refractivity contribution in [2.75, 3.05) is 12.3 Å². The molecule has 1 atom stereocenters. The van der Waals surface area contributed by atoms with Gasteiger partial charge in [0, 0.05) is 12.8 Å². The van der Waals surface area contributed by atoms with Crippen LogP contribution in [0, 0.1) is 0 Å². The molecule has 0 aliphatic rings. The van der Waals surface area contributed by atoms with Gasteiger partial charge in [0.05, 0.1) is 18.3 Å². The molecule has 4 nitrogen and oxygen atoms in total. The number of aromatic nitrogens is 1. The van der Waals surface area contributed by atoms with Crippen LogP contribution >= 0.6 is 0 Å². The minimum Gasteiger partial charge on any atom is -0.394 e. The van der Waals surface area contributed by atoms with Gasteiger partial charge in [0.1, 0.15) is 0 Å². The molecule has 0 spiro atoms. The van der Waals surface area contributed by atoms with Crippen LogP contribution in [0.3, 0.4) is 0 Å². The van der Waals surface area contributed by atoms with Crippen molar-refractivity contribution in [3.05, 3.63) is 28.7 Å².